The van der Waals surface area contributed by atoms with E-state index in [0.717, 1.165) is 24.5 Å². The largest absolute Gasteiger partial charge is 0.206 e. The molecule has 0 radical (unpaired) electrons. The van der Waals surface area contributed by atoms with Crippen LogP contribution < -0.4 is 0 Å². The molecule has 4 rings (SSSR count). The molecule has 0 saturated carbocycles. The topological polar surface area (TPSA) is 0 Å². The van der Waals surface area contributed by atoms with Crippen molar-refractivity contribution in [3.63, 3.8) is 0 Å². The minimum absolute atomic E-state index is 0.124. The standard InChI is InChI=1S/C30H22F4/c1-2-3-4-20-5-7-21(8-6-20)9-10-23-18-28(32)26(29(33)19-23)15-12-22-11-14-25-24(17-22)13-16-27(31)30(25)34/h2,5-8,11,13-14,16-19H,1,3-4,9-10H2. The number of hydrogen-bond acceptors (Lipinski definition) is 0. The van der Waals surface area contributed by atoms with Gasteiger partial charge in [0.25, 0.3) is 0 Å². The van der Waals surface area contributed by atoms with Crippen molar-refractivity contribution in [1.82, 2.24) is 0 Å². The van der Waals surface area contributed by atoms with Crippen LogP contribution >= 0.6 is 0 Å². The van der Waals surface area contributed by atoms with Gasteiger partial charge in [-0.15, -0.1) is 6.58 Å². The Kier molecular flexibility index (Phi) is 7.13. The Morgan fingerprint density at radius 2 is 1.29 bits per heavy atom. The lowest BCUT2D eigenvalue weighted by atomic mass is 10.0. The molecule has 0 aliphatic heterocycles. The van der Waals surface area contributed by atoms with E-state index in [9.17, 15) is 17.6 Å². The molecule has 0 amide bonds. The van der Waals surface area contributed by atoms with E-state index in [4.69, 9.17) is 0 Å². The van der Waals surface area contributed by atoms with Crippen LogP contribution in [0.2, 0.25) is 0 Å². The third kappa shape index (κ3) is 5.38. The summed E-state index contributed by atoms with van der Waals surface area (Å²) in [5.74, 6) is 1.93. The van der Waals surface area contributed by atoms with Crippen LogP contribution in [0.4, 0.5) is 17.6 Å². The molecular weight excluding hydrogens is 436 g/mol. The van der Waals surface area contributed by atoms with E-state index < -0.39 is 23.3 Å². The van der Waals surface area contributed by atoms with Crippen LogP contribution in [0.3, 0.4) is 0 Å². The normalized spacial score (nSPS) is 10.7. The highest BCUT2D eigenvalue weighted by atomic mass is 19.2. The molecule has 0 fully saturated rings. The molecule has 0 saturated heterocycles. The molecule has 4 aromatic rings. The molecule has 0 bridgehead atoms. The van der Waals surface area contributed by atoms with Gasteiger partial charge in [0.15, 0.2) is 11.6 Å². The maximum absolute atomic E-state index is 14.6. The van der Waals surface area contributed by atoms with Crippen molar-refractivity contribution in [3.8, 4) is 11.8 Å². The second-order valence-corrected chi connectivity index (χ2v) is 8.13. The summed E-state index contributed by atoms with van der Waals surface area (Å²) in [4.78, 5) is 0. The lowest BCUT2D eigenvalue weighted by Gasteiger charge is -2.06. The number of hydrogen-bond donors (Lipinski definition) is 0. The summed E-state index contributed by atoms with van der Waals surface area (Å²) >= 11 is 0. The van der Waals surface area contributed by atoms with Crippen LogP contribution in [-0.2, 0) is 19.3 Å². The molecule has 0 unspecified atom stereocenters. The molecular formula is C30H22F4. The number of benzene rings is 4. The van der Waals surface area contributed by atoms with Crippen LogP contribution in [0.15, 0.2) is 79.4 Å². The molecule has 0 atom stereocenters. The first-order valence-corrected chi connectivity index (χ1v) is 11.0. The van der Waals surface area contributed by atoms with Gasteiger partial charge in [-0.1, -0.05) is 54.3 Å². The van der Waals surface area contributed by atoms with Crippen molar-refractivity contribution in [2.24, 2.45) is 0 Å². The van der Waals surface area contributed by atoms with Gasteiger partial charge in [0.1, 0.15) is 11.6 Å². The Morgan fingerprint density at radius 1 is 0.647 bits per heavy atom. The van der Waals surface area contributed by atoms with Crippen molar-refractivity contribution in [2.75, 3.05) is 0 Å². The molecule has 0 nitrogen and oxygen atoms in total. The molecule has 0 aliphatic carbocycles. The van der Waals surface area contributed by atoms with Crippen molar-refractivity contribution >= 4 is 10.8 Å². The lowest BCUT2D eigenvalue weighted by molar-refractivity contribution is 0.517. The average Bonchev–Trinajstić information content (AvgIpc) is 2.84. The fourth-order valence-electron chi connectivity index (χ4n) is 3.80. The third-order valence-electron chi connectivity index (χ3n) is 5.70. The lowest BCUT2D eigenvalue weighted by Crippen LogP contribution is -1.98. The Morgan fingerprint density at radius 3 is 1.97 bits per heavy atom. The number of halogens is 4. The Balaban J connectivity index is 1.48. The van der Waals surface area contributed by atoms with Crippen molar-refractivity contribution in [2.45, 2.75) is 25.7 Å². The number of aryl methyl sites for hydroxylation is 3. The second kappa shape index (κ2) is 10.4. The number of fused-ring (bicyclic) bond motifs is 1. The summed E-state index contributed by atoms with van der Waals surface area (Å²) in [5, 5.41) is 0.578. The zero-order chi connectivity index (χ0) is 24.1. The maximum Gasteiger partial charge on any atom is 0.166 e. The van der Waals surface area contributed by atoms with Gasteiger partial charge in [-0.25, -0.2) is 17.6 Å². The van der Waals surface area contributed by atoms with Gasteiger partial charge < -0.3 is 0 Å². The van der Waals surface area contributed by atoms with E-state index in [0.29, 0.717) is 29.4 Å². The van der Waals surface area contributed by atoms with Gasteiger partial charge >= 0.3 is 0 Å². The highest BCUT2D eigenvalue weighted by molar-refractivity contribution is 5.84. The predicted octanol–water partition coefficient (Wildman–Crippen LogP) is 7.70. The number of allylic oxidation sites excluding steroid dienone is 1. The third-order valence-corrected chi connectivity index (χ3v) is 5.70. The van der Waals surface area contributed by atoms with Gasteiger partial charge in [-0.05, 0) is 78.1 Å². The van der Waals surface area contributed by atoms with Gasteiger partial charge in [0.05, 0.1) is 5.56 Å². The molecule has 170 valence electrons. The van der Waals surface area contributed by atoms with E-state index in [1.165, 1.54) is 35.9 Å². The molecule has 4 aromatic carbocycles. The van der Waals surface area contributed by atoms with Crippen LogP contribution in [0.5, 0.6) is 0 Å². The molecule has 0 aliphatic rings. The molecule has 0 spiro atoms. The molecule has 0 N–H and O–H groups in total. The summed E-state index contributed by atoms with van der Waals surface area (Å²) < 4.78 is 56.4. The molecule has 0 heterocycles. The van der Waals surface area contributed by atoms with E-state index in [2.05, 4.69) is 30.6 Å². The monoisotopic (exact) mass is 458 g/mol. The quantitative estimate of drug-likeness (QED) is 0.158. The molecule has 34 heavy (non-hydrogen) atoms. The van der Waals surface area contributed by atoms with Crippen LogP contribution in [0.25, 0.3) is 10.8 Å². The Labute approximate surface area is 196 Å². The van der Waals surface area contributed by atoms with Gasteiger partial charge in [0, 0.05) is 10.9 Å². The second-order valence-electron chi connectivity index (χ2n) is 8.13. The first-order chi connectivity index (χ1) is 16.4. The molecule has 4 heteroatoms. The zero-order valence-electron chi connectivity index (χ0n) is 18.5. The fraction of sp³-hybridized carbons (Fsp3) is 0.133. The van der Waals surface area contributed by atoms with E-state index in [1.54, 1.807) is 6.07 Å². The zero-order valence-corrected chi connectivity index (χ0v) is 18.5. The van der Waals surface area contributed by atoms with Gasteiger partial charge in [-0.2, -0.15) is 0 Å². The summed E-state index contributed by atoms with van der Waals surface area (Å²) in [5.41, 5.74) is 3.00. The summed E-state index contributed by atoms with van der Waals surface area (Å²) in [6, 6.07) is 17.7. The highest BCUT2D eigenvalue weighted by Crippen LogP contribution is 2.22. The first-order valence-electron chi connectivity index (χ1n) is 11.0. The Bertz CT molecular complexity index is 1380. The van der Waals surface area contributed by atoms with Gasteiger partial charge in [-0.3, -0.25) is 0 Å². The van der Waals surface area contributed by atoms with Crippen LogP contribution in [-0.4, -0.2) is 0 Å². The van der Waals surface area contributed by atoms with Crippen molar-refractivity contribution < 1.29 is 17.6 Å². The molecule has 0 aromatic heterocycles. The fourth-order valence-corrected chi connectivity index (χ4v) is 3.80. The summed E-state index contributed by atoms with van der Waals surface area (Å²) in [6.45, 7) is 3.73. The van der Waals surface area contributed by atoms with E-state index >= 15 is 0 Å². The minimum atomic E-state index is -0.937. The number of rotatable bonds is 6. The van der Waals surface area contributed by atoms with E-state index in [-0.39, 0.29) is 10.9 Å². The first kappa shape index (κ1) is 23.3. The van der Waals surface area contributed by atoms with Crippen LogP contribution in [0, 0.1) is 35.1 Å². The average molecular weight is 458 g/mol. The maximum atomic E-state index is 14.6. The minimum Gasteiger partial charge on any atom is -0.206 e. The van der Waals surface area contributed by atoms with Crippen molar-refractivity contribution in [3.05, 3.63) is 130 Å². The highest BCUT2D eigenvalue weighted by Gasteiger charge is 2.10. The van der Waals surface area contributed by atoms with Crippen LogP contribution in [0.1, 0.15) is 34.2 Å². The summed E-state index contributed by atoms with van der Waals surface area (Å²) in [6.07, 6.45) is 4.92. The SMILES string of the molecule is C=CCCc1ccc(CCc2cc(F)c(C#Cc3ccc4c(F)c(F)ccc4c3)c(F)c2)cc1. The van der Waals surface area contributed by atoms with Gasteiger partial charge in [0.2, 0.25) is 0 Å². The van der Waals surface area contributed by atoms with Crippen molar-refractivity contribution in [1.29, 1.82) is 0 Å². The summed E-state index contributed by atoms with van der Waals surface area (Å²) in [7, 11) is 0. The predicted molar refractivity (Wildman–Crippen MR) is 129 cm³/mol. The Hall–Kier alpha value is -3.84. The van der Waals surface area contributed by atoms with E-state index in [1.807, 2.05) is 18.2 Å². The smallest absolute Gasteiger partial charge is 0.166 e.